The Bertz CT molecular complexity index is 895. The maximum Gasteiger partial charge on any atom is 0.321 e. The average Bonchev–Trinajstić information content (AvgIpc) is 2.69. The lowest BCUT2D eigenvalue weighted by molar-refractivity contribution is 0.102. The standard InChI is InChI=1S/C20H20N4O2/c25-20(23-18-9-3-6-15-5-1-2-8-17(15)18)24-12-4-7-16(14-24)26-19-13-21-10-11-22-19/h1-3,5-6,8-11,13,16H,4,7,12,14H2,(H,23,25). The Labute approximate surface area is 151 Å². The maximum atomic E-state index is 12.7. The fraction of sp³-hybridized carbons (Fsp3) is 0.250. The summed E-state index contributed by atoms with van der Waals surface area (Å²) >= 11 is 0. The summed E-state index contributed by atoms with van der Waals surface area (Å²) in [6.45, 7) is 1.25. The van der Waals surface area contributed by atoms with Crippen molar-refractivity contribution in [1.82, 2.24) is 14.9 Å². The number of rotatable bonds is 3. The number of nitrogens with zero attached hydrogens (tertiary/aromatic N) is 3. The maximum absolute atomic E-state index is 12.7. The number of likely N-dealkylation sites (tertiary alicyclic amines) is 1. The van der Waals surface area contributed by atoms with Crippen LogP contribution in [0.3, 0.4) is 0 Å². The van der Waals surface area contributed by atoms with E-state index in [1.165, 1.54) is 0 Å². The van der Waals surface area contributed by atoms with Crippen molar-refractivity contribution in [2.24, 2.45) is 0 Å². The Morgan fingerprint density at radius 3 is 2.92 bits per heavy atom. The summed E-state index contributed by atoms with van der Waals surface area (Å²) in [5.41, 5.74) is 0.824. The van der Waals surface area contributed by atoms with E-state index in [9.17, 15) is 4.79 Å². The second-order valence-corrected chi connectivity index (χ2v) is 6.33. The molecule has 2 aromatic carbocycles. The summed E-state index contributed by atoms with van der Waals surface area (Å²) in [6, 6.07) is 13.8. The Balaban J connectivity index is 1.44. The van der Waals surface area contributed by atoms with E-state index in [4.69, 9.17) is 4.74 Å². The minimum absolute atomic E-state index is 0.0706. The third-order valence-electron chi connectivity index (χ3n) is 4.52. The number of benzene rings is 2. The lowest BCUT2D eigenvalue weighted by atomic mass is 10.1. The molecular weight excluding hydrogens is 328 g/mol. The molecule has 6 nitrogen and oxygen atoms in total. The Morgan fingerprint density at radius 1 is 1.15 bits per heavy atom. The molecule has 1 saturated heterocycles. The van der Waals surface area contributed by atoms with E-state index < -0.39 is 0 Å². The first-order valence-corrected chi connectivity index (χ1v) is 8.76. The number of anilines is 1. The van der Waals surface area contributed by atoms with Crippen LogP contribution in [0.5, 0.6) is 5.88 Å². The van der Waals surface area contributed by atoms with Crippen molar-refractivity contribution >= 4 is 22.5 Å². The third kappa shape index (κ3) is 3.59. The van der Waals surface area contributed by atoms with E-state index in [-0.39, 0.29) is 12.1 Å². The van der Waals surface area contributed by atoms with Crippen molar-refractivity contribution in [1.29, 1.82) is 0 Å². The molecule has 6 heteroatoms. The minimum Gasteiger partial charge on any atom is -0.471 e. The van der Waals surface area contributed by atoms with E-state index in [1.807, 2.05) is 42.5 Å². The number of hydrogen-bond donors (Lipinski definition) is 1. The van der Waals surface area contributed by atoms with Crippen LogP contribution in [-0.4, -0.2) is 40.1 Å². The summed E-state index contributed by atoms with van der Waals surface area (Å²) in [5, 5.41) is 5.18. The molecule has 3 aromatic rings. The Kier molecular flexibility index (Phi) is 4.64. The molecule has 1 fully saturated rings. The minimum atomic E-state index is -0.103. The van der Waals surface area contributed by atoms with Gasteiger partial charge in [-0.15, -0.1) is 0 Å². The number of carbonyl (C=O) groups is 1. The first-order chi connectivity index (χ1) is 12.8. The van der Waals surface area contributed by atoms with Crippen LogP contribution in [0.1, 0.15) is 12.8 Å². The largest absolute Gasteiger partial charge is 0.471 e. The molecule has 26 heavy (non-hydrogen) atoms. The molecule has 0 saturated carbocycles. The van der Waals surface area contributed by atoms with Crippen molar-refractivity contribution in [3.8, 4) is 5.88 Å². The normalized spacial score (nSPS) is 17.1. The van der Waals surface area contributed by atoms with Crippen LogP contribution in [-0.2, 0) is 0 Å². The molecule has 1 N–H and O–H groups in total. The van der Waals surface area contributed by atoms with Gasteiger partial charge in [-0.05, 0) is 24.3 Å². The van der Waals surface area contributed by atoms with E-state index in [1.54, 1.807) is 23.5 Å². The van der Waals surface area contributed by atoms with Gasteiger partial charge in [-0.1, -0.05) is 36.4 Å². The molecule has 1 aromatic heterocycles. The van der Waals surface area contributed by atoms with Crippen LogP contribution in [0, 0.1) is 0 Å². The number of fused-ring (bicyclic) bond motifs is 1. The quantitative estimate of drug-likeness (QED) is 0.783. The number of amides is 2. The van der Waals surface area contributed by atoms with Crippen LogP contribution >= 0.6 is 0 Å². The number of carbonyl (C=O) groups excluding carboxylic acids is 1. The van der Waals surface area contributed by atoms with Gasteiger partial charge in [-0.2, -0.15) is 0 Å². The van der Waals surface area contributed by atoms with Crippen molar-refractivity contribution in [2.45, 2.75) is 18.9 Å². The van der Waals surface area contributed by atoms with Gasteiger partial charge in [0, 0.05) is 24.3 Å². The van der Waals surface area contributed by atoms with Crippen LogP contribution in [0.15, 0.2) is 61.1 Å². The molecule has 2 heterocycles. The number of nitrogens with one attached hydrogen (secondary N) is 1. The monoisotopic (exact) mass is 348 g/mol. The number of piperidine rings is 1. The predicted molar refractivity (Wildman–Crippen MR) is 100 cm³/mol. The van der Waals surface area contributed by atoms with Gasteiger partial charge in [0.2, 0.25) is 5.88 Å². The van der Waals surface area contributed by atoms with Gasteiger partial charge in [-0.25, -0.2) is 9.78 Å². The Hall–Kier alpha value is -3.15. The molecule has 4 rings (SSSR count). The highest BCUT2D eigenvalue weighted by atomic mass is 16.5. The van der Waals surface area contributed by atoms with Crippen LogP contribution in [0.2, 0.25) is 0 Å². The van der Waals surface area contributed by atoms with Gasteiger partial charge >= 0.3 is 6.03 Å². The topological polar surface area (TPSA) is 67.4 Å². The second kappa shape index (κ2) is 7.39. The van der Waals surface area contributed by atoms with E-state index >= 15 is 0 Å². The Morgan fingerprint density at radius 2 is 2.04 bits per heavy atom. The zero-order valence-corrected chi connectivity index (χ0v) is 14.3. The van der Waals surface area contributed by atoms with Crippen molar-refractivity contribution in [2.75, 3.05) is 18.4 Å². The molecule has 0 spiro atoms. The van der Waals surface area contributed by atoms with Gasteiger partial charge < -0.3 is 15.0 Å². The molecule has 2 amide bonds. The van der Waals surface area contributed by atoms with Gasteiger partial charge in [0.1, 0.15) is 6.10 Å². The van der Waals surface area contributed by atoms with Crippen LogP contribution in [0.4, 0.5) is 10.5 Å². The van der Waals surface area contributed by atoms with Crippen LogP contribution in [0.25, 0.3) is 10.8 Å². The van der Waals surface area contributed by atoms with E-state index in [0.717, 1.165) is 35.8 Å². The molecular formula is C20H20N4O2. The number of aromatic nitrogens is 2. The fourth-order valence-corrected chi connectivity index (χ4v) is 3.26. The SMILES string of the molecule is O=C(Nc1cccc2ccccc12)N1CCCC(Oc2cnccn2)C1. The number of ether oxygens (including phenoxy) is 1. The second-order valence-electron chi connectivity index (χ2n) is 6.33. The first kappa shape index (κ1) is 16.3. The highest BCUT2D eigenvalue weighted by Crippen LogP contribution is 2.24. The zero-order valence-electron chi connectivity index (χ0n) is 14.3. The lowest BCUT2D eigenvalue weighted by Gasteiger charge is -2.32. The van der Waals surface area contributed by atoms with Gasteiger partial charge in [0.05, 0.1) is 18.4 Å². The molecule has 1 atom stereocenters. The summed E-state index contributed by atoms with van der Waals surface area (Å²) in [7, 11) is 0. The molecule has 0 bridgehead atoms. The molecule has 1 aliphatic heterocycles. The van der Waals surface area contributed by atoms with Crippen molar-refractivity contribution in [3.05, 3.63) is 61.1 Å². The highest BCUT2D eigenvalue weighted by Gasteiger charge is 2.25. The molecule has 0 aliphatic carbocycles. The number of urea groups is 1. The summed E-state index contributed by atoms with van der Waals surface area (Å²) in [4.78, 5) is 22.7. The van der Waals surface area contributed by atoms with Crippen molar-refractivity contribution < 1.29 is 9.53 Å². The predicted octanol–water partition coefficient (Wildman–Crippen LogP) is 3.71. The average molecular weight is 348 g/mol. The first-order valence-electron chi connectivity index (χ1n) is 8.76. The third-order valence-corrected chi connectivity index (χ3v) is 4.52. The van der Waals surface area contributed by atoms with Gasteiger partial charge in [0.25, 0.3) is 0 Å². The smallest absolute Gasteiger partial charge is 0.321 e. The molecule has 0 radical (unpaired) electrons. The number of hydrogen-bond acceptors (Lipinski definition) is 4. The fourth-order valence-electron chi connectivity index (χ4n) is 3.26. The lowest BCUT2D eigenvalue weighted by Crippen LogP contribution is -2.46. The van der Waals surface area contributed by atoms with E-state index in [2.05, 4.69) is 15.3 Å². The summed E-state index contributed by atoms with van der Waals surface area (Å²) in [6.07, 6.45) is 6.53. The molecule has 1 unspecified atom stereocenters. The van der Waals surface area contributed by atoms with Gasteiger partial charge in [-0.3, -0.25) is 4.98 Å². The summed E-state index contributed by atoms with van der Waals surface area (Å²) in [5.74, 6) is 0.494. The van der Waals surface area contributed by atoms with Crippen LogP contribution < -0.4 is 10.1 Å². The molecule has 1 aliphatic rings. The van der Waals surface area contributed by atoms with Gasteiger partial charge in [0.15, 0.2) is 0 Å². The summed E-state index contributed by atoms with van der Waals surface area (Å²) < 4.78 is 5.86. The molecule has 132 valence electrons. The zero-order chi connectivity index (χ0) is 17.8. The highest BCUT2D eigenvalue weighted by molar-refractivity contribution is 6.01. The van der Waals surface area contributed by atoms with E-state index in [0.29, 0.717) is 12.4 Å². The van der Waals surface area contributed by atoms with Crippen molar-refractivity contribution in [3.63, 3.8) is 0 Å².